The lowest BCUT2D eigenvalue weighted by atomic mass is 9.95. The molecule has 1 aromatic heterocycles. The average Bonchev–Trinajstić information content (AvgIpc) is 2.82. The number of aromatic nitrogens is 2. The molecule has 0 saturated carbocycles. The molecule has 0 bridgehead atoms. The Kier molecular flexibility index (Phi) is 4.40. The fourth-order valence-electron chi connectivity index (χ4n) is 3.94. The lowest BCUT2D eigenvalue weighted by Gasteiger charge is -2.26. The summed E-state index contributed by atoms with van der Waals surface area (Å²) in [5.74, 6) is 0.134. The fourth-order valence-corrected chi connectivity index (χ4v) is 3.94. The van der Waals surface area contributed by atoms with Crippen molar-refractivity contribution in [1.29, 1.82) is 0 Å². The molecular weight excluding hydrogens is 332 g/mol. The van der Waals surface area contributed by atoms with Crippen LogP contribution in [0.5, 0.6) is 0 Å². The number of piperidine rings is 1. The monoisotopic (exact) mass is 356 g/mol. The van der Waals surface area contributed by atoms with E-state index in [1.807, 2.05) is 12.1 Å². The van der Waals surface area contributed by atoms with Crippen molar-refractivity contribution < 1.29 is 9.59 Å². The van der Waals surface area contributed by atoms with Gasteiger partial charge in [0.05, 0.1) is 11.0 Å². The van der Waals surface area contributed by atoms with E-state index in [9.17, 15) is 14.4 Å². The molecule has 1 atom stereocenters. The maximum atomic E-state index is 12.7. The second kappa shape index (κ2) is 6.72. The third-order valence-corrected chi connectivity index (χ3v) is 5.62. The number of aryl methyl sites for hydroxylation is 2. The van der Waals surface area contributed by atoms with Gasteiger partial charge in [-0.3, -0.25) is 24.0 Å². The van der Waals surface area contributed by atoms with Gasteiger partial charge in [-0.1, -0.05) is 6.07 Å². The van der Waals surface area contributed by atoms with Gasteiger partial charge in [0, 0.05) is 13.5 Å². The number of carbonyl (C=O) groups is 2. The summed E-state index contributed by atoms with van der Waals surface area (Å²) in [4.78, 5) is 36.3. The number of carbonyl (C=O) groups excluding carboxylic acids is 2. The van der Waals surface area contributed by atoms with Crippen molar-refractivity contribution in [2.45, 2.75) is 38.1 Å². The molecule has 7 nitrogen and oxygen atoms in total. The van der Waals surface area contributed by atoms with Crippen LogP contribution >= 0.6 is 0 Å². The average molecular weight is 356 g/mol. The van der Waals surface area contributed by atoms with Crippen LogP contribution in [-0.4, -0.2) is 34.0 Å². The van der Waals surface area contributed by atoms with Crippen molar-refractivity contribution in [3.8, 4) is 0 Å². The Labute approximate surface area is 151 Å². The second-order valence-electron chi connectivity index (χ2n) is 7.42. The predicted octanol–water partition coefficient (Wildman–Crippen LogP) is 0.860. The minimum atomic E-state index is -0.624. The maximum absolute atomic E-state index is 12.7. The van der Waals surface area contributed by atoms with E-state index >= 15 is 0 Å². The minimum Gasteiger partial charge on any atom is -0.316 e. The second-order valence-corrected chi connectivity index (χ2v) is 7.42. The van der Waals surface area contributed by atoms with Crippen LogP contribution in [0.15, 0.2) is 23.0 Å². The van der Waals surface area contributed by atoms with Crippen molar-refractivity contribution in [1.82, 2.24) is 19.8 Å². The van der Waals surface area contributed by atoms with E-state index < -0.39 is 11.9 Å². The summed E-state index contributed by atoms with van der Waals surface area (Å²) in [6, 6.07) is 5.41. The number of rotatable bonds is 5. The van der Waals surface area contributed by atoms with E-state index in [0.717, 1.165) is 42.9 Å². The molecule has 0 spiro atoms. The quantitative estimate of drug-likeness (QED) is 0.778. The molecule has 2 N–H and O–H groups in total. The fraction of sp³-hybridized carbons (Fsp3) is 0.526. The number of hydrogen-bond donors (Lipinski definition) is 2. The molecule has 2 fully saturated rings. The Morgan fingerprint density at radius 3 is 2.65 bits per heavy atom. The highest BCUT2D eigenvalue weighted by atomic mass is 16.2. The van der Waals surface area contributed by atoms with Crippen LogP contribution in [0.1, 0.15) is 37.3 Å². The van der Waals surface area contributed by atoms with E-state index in [0.29, 0.717) is 6.42 Å². The molecule has 7 heteroatoms. The zero-order valence-corrected chi connectivity index (χ0v) is 15.0. The lowest BCUT2D eigenvalue weighted by Crippen LogP contribution is -2.44. The summed E-state index contributed by atoms with van der Waals surface area (Å²) in [7, 11) is 1.73. The number of nitrogens with one attached hydrogen (secondary N) is 2. The van der Waals surface area contributed by atoms with Crippen molar-refractivity contribution in [3.05, 3.63) is 34.2 Å². The molecule has 2 saturated heterocycles. The van der Waals surface area contributed by atoms with Crippen LogP contribution in [0, 0.1) is 5.92 Å². The third kappa shape index (κ3) is 2.96. The van der Waals surface area contributed by atoms with Crippen molar-refractivity contribution >= 4 is 22.8 Å². The number of fused-ring (bicyclic) bond motifs is 1. The maximum Gasteiger partial charge on any atom is 0.329 e. The molecule has 2 aromatic rings. The molecule has 2 aliphatic rings. The van der Waals surface area contributed by atoms with Gasteiger partial charge in [0.15, 0.2) is 0 Å². The van der Waals surface area contributed by atoms with E-state index in [-0.39, 0.29) is 18.0 Å². The van der Waals surface area contributed by atoms with Gasteiger partial charge in [-0.2, -0.15) is 0 Å². The molecule has 2 amide bonds. The number of imide groups is 1. The Balaban J connectivity index is 1.60. The van der Waals surface area contributed by atoms with Crippen molar-refractivity contribution in [2.24, 2.45) is 13.0 Å². The van der Waals surface area contributed by atoms with Crippen LogP contribution in [0.3, 0.4) is 0 Å². The van der Waals surface area contributed by atoms with Gasteiger partial charge in [-0.05, 0) is 62.4 Å². The Morgan fingerprint density at radius 1 is 1.15 bits per heavy atom. The van der Waals surface area contributed by atoms with Crippen LogP contribution in [0.4, 0.5) is 0 Å². The first-order chi connectivity index (χ1) is 12.5. The predicted molar refractivity (Wildman–Crippen MR) is 97.9 cm³/mol. The van der Waals surface area contributed by atoms with Gasteiger partial charge < -0.3 is 5.32 Å². The number of imidazole rings is 1. The Morgan fingerprint density at radius 2 is 1.96 bits per heavy atom. The molecule has 1 unspecified atom stereocenters. The summed E-state index contributed by atoms with van der Waals surface area (Å²) in [6.45, 7) is 2.25. The van der Waals surface area contributed by atoms with Gasteiger partial charge in [0.1, 0.15) is 6.04 Å². The summed E-state index contributed by atoms with van der Waals surface area (Å²) in [5.41, 5.74) is 2.58. The van der Waals surface area contributed by atoms with Gasteiger partial charge in [0.25, 0.3) is 0 Å². The molecule has 0 aliphatic carbocycles. The van der Waals surface area contributed by atoms with E-state index in [4.69, 9.17) is 0 Å². The summed E-state index contributed by atoms with van der Waals surface area (Å²) in [6.07, 6.45) is 3.97. The summed E-state index contributed by atoms with van der Waals surface area (Å²) < 4.78 is 3.12. The van der Waals surface area contributed by atoms with E-state index in [1.54, 1.807) is 11.6 Å². The molecule has 0 radical (unpaired) electrons. The molecule has 3 heterocycles. The number of amides is 2. The van der Waals surface area contributed by atoms with Crippen LogP contribution in [0.25, 0.3) is 11.0 Å². The van der Waals surface area contributed by atoms with Gasteiger partial charge >= 0.3 is 5.69 Å². The van der Waals surface area contributed by atoms with Crippen LogP contribution in [-0.2, 0) is 23.1 Å². The normalized spacial score (nSPS) is 21.0. The smallest absolute Gasteiger partial charge is 0.316 e. The van der Waals surface area contributed by atoms with Crippen LogP contribution < -0.4 is 16.3 Å². The zero-order chi connectivity index (χ0) is 18.3. The molecular formula is C19H24N4O3. The first-order valence-corrected chi connectivity index (χ1v) is 9.29. The Bertz CT molecular complexity index is 923. The topological polar surface area (TPSA) is 85.1 Å². The van der Waals surface area contributed by atoms with Gasteiger partial charge in [0.2, 0.25) is 11.8 Å². The standard InChI is InChI=1S/C19H24N4O3/c1-22-16-9-12(3-2-4-13-10-20-11-13)5-6-14(16)23(19(22)26)15-7-8-17(24)21-18(15)25/h5-6,9,13,15,20H,2-4,7-8,10-11H2,1H3,(H,21,24,25). The zero-order valence-electron chi connectivity index (χ0n) is 15.0. The van der Waals surface area contributed by atoms with E-state index in [2.05, 4.69) is 16.7 Å². The summed E-state index contributed by atoms with van der Waals surface area (Å²) >= 11 is 0. The highest BCUT2D eigenvalue weighted by Crippen LogP contribution is 2.24. The van der Waals surface area contributed by atoms with Gasteiger partial charge in [-0.25, -0.2) is 4.79 Å². The Hall–Kier alpha value is -2.41. The van der Waals surface area contributed by atoms with Crippen LogP contribution in [0.2, 0.25) is 0 Å². The lowest BCUT2D eigenvalue weighted by molar-refractivity contribution is -0.135. The molecule has 1 aromatic carbocycles. The van der Waals surface area contributed by atoms with Crippen molar-refractivity contribution in [3.63, 3.8) is 0 Å². The first-order valence-electron chi connectivity index (χ1n) is 9.29. The molecule has 2 aliphatic heterocycles. The van der Waals surface area contributed by atoms with E-state index in [1.165, 1.54) is 16.6 Å². The largest absolute Gasteiger partial charge is 0.329 e. The minimum absolute atomic E-state index is 0.216. The first kappa shape index (κ1) is 17.0. The highest BCUT2D eigenvalue weighted by Gasteiger charge is 2.31. The van der Waals surface area contributed by atoms with Gasteiger partial charge in [-0.15, -0.1) is 0 Å². The number of benzene rings is 1. The number of hydrogen-bond acceptors (Lipinski definition) is 4. The third-order valence-electron chi connectivity index (χ3n) is 5.62. The highest BCUT2D eigenvalue weighted by molar-refractivity contribution is 6.00. The molecule has 4 rings (SSSR count). The molecule has 138 valence electrons. The summed E-state index contributed by atoms with van der Waals surface area (Å²) in [5, 5.41) is 5.63. The SMILES string of the molecule is Cn1c(=O)n(C2CCC(=O)NC2=O)c2ccc(CCCC3CNC3)cc21. The van der Waals surface area contributed by atoms with Crippen molar-refractivity contribution in [2.75, 3.05) is 13.1 Å². The number of nitrogens with zero attached hydrogens (tertiary/aromatic N) is 2. The molecule has 26 heavy (non-hydrogen) atoms.